The summed E-state index contributed by atoms with van der Waals surface area (Å²) in [6.07, 6.45) is 1.89. The summed E-state index contributed by atoms with van der Waals surface area (Å²) in [7, 11) is 2.09. The summed E-state index contributed by atoms with van der Waals surface area (Å²) < 4.78 is 15.4. The second kappa shape index (κ2) is 8.17. The molecule has 0 aliphatic carbocycles. The molecule has 0 saturated carbocycles. The predicted molar refractivity (Wildman–Crippen MR) is 90.4 cm³/mol. The number of esters is 2. The molecule has 2 aromatic rings. The average molecular weight is 349 g/mol. The van der Waals surface area contributed by atoms with Crippen LogP contribution in [-0.2, 0) is 14.3 Å². The quantitative estimate of drug-likeness (QED) is 0.591. The van der Waals surface area contributed by atoms with Crippen molar-refractivity contribution in [2.45, 2.75) is 6.42 Å². The molecule has 1 N–H and O–H groups in total. The highest BCUT2D eigenvalue weighted by molar-refractivity contribution is 5.93. The fourth-order valence-electron chi connectivity index (χ4n) is 2.72. The minimum absolute atomic E-state index is 0.0272. The molecule has 25 heavy (non-hydrogen) atoms. The Morgan fingerprint density at radius 1 is 1.20 bits per heavy atom. The van der Waals surface area contributed by atoms with Crippen molar-refractivity contribution in [3.05, 3.63) is 24.1 Å². The minimum atomic E-state index is -0.500. The standard InChI is InChI=1S/C17H23N3O5/c1-19-5-7-20(8-6-19)4-2-16(21)24-10-11-25-17(22)14-12-15-13(18-14)3-9-23-15/h3,9,12,18H,2,4-8,10-11H2,1H3. The van der Waals surface area contributed by atoms with Crippen LogP contribution in [-0.4, -0.2) is 79.7 Å². The van der Waals surface area contributed by atoms with Crippen LogP contribution in [0.5, 0.6) is 0 Å². The second-order valence-electron chi connectivity index (χ2n) is 6.13. The van der Waals surface area contributed by atoms with E-state index in [1.54, 1.807) is 12.1 Å². The first kappa shape index (κ1) is 17.5. The Kier molecular flexibility index (Phi) is 5.72. The van der Waals surface area contributed by atoms with E-state index in [9.17, 15) is 9.59 Å². The highest BCUT2D eigenvalue weighted by Crippen LogP contribution is 2.16. The van der Waals surface area contributed by atoms with Gasteiger partial charge in [-0.25, -0.2) is 4.79 Å². The summed E-state index contributed by atoms with van der Waals surface area (Å²) in [5, 5.41) is 0. The molecule has 1 saturated heterocycles. The zero-order valence-electron chi connectivity index (χ0n) is 14.3. The zero-order valence-corrected chi connectivity index (χ0v) is 14.3. The predicted octanol–water partition coefficient (Wildman–Crippen LogP) is 1.10. The molecule has 0 atom stereocenters. The number of hydrogen-bond acceptors (Lipinski definition) is 7. The third-order valence-electron chi connectivity index (χ3n) is 4.27. The van der Waals surface area contributed by atoms with Crippen LogP contribution in [0, 0.1) is 0 Å². The summed E-state index contributed by atoms with van der Waals surface area (Å²) in [5.41, 5.74) is 1.65. The molecule has 8 heteroatoms. The highest BCUT2D eigenvalue weighted by Gasteiger charge is 2.15. The SMILES string of the molecule is CN1CCN(CCC(=O)OCCOC(=O)c2cc3occc3[nH]2)CC1. The van der Waals surface area contributed by atoms with Gasteiger partial charge in [-0.15, -0.1) is 0 Å². The van der Waals surface area contributed by atoms with E-state index in [0.29, 0.717) is 24.2 Å². The lowest BCUT2D eigenvalue weighted by Crippen LogP contribution is -2.45. The lowest BCUT2D eigenvalue weighted by molar-refractivity contribution is -0.145. The second-order valence-corrected chi connectivity index (χ2v) is 6.13. The number of carbonyl (C=O) groups is 2. The van der Waals surface area contributed by atoms with Crippen LogP contribution in [0.25, 0.3) is 11.1 Å². The number of nitrogens with one attached hydrogen (secondary N) is 1. The molecule has 3 heterocycles. The van der Waals surface area contributed by atoms with E-state index in [2.05, 4.69) is 21.8 Å². The van der Waals surface area contributed by atoms with Gasteiger partial charge in [0.05, 0.1) is 18.2 Å². The van der Waals surface area contributed by atoms with Crippen LogP contribution >= 0.6 is 0 Å². The fourth-order valence-corrected chi connectivity index (χ4v) is 2.72. The number of hydrogen-bond donors (Lipinski definition) is 1. The first-order chi connectivity index (χ1) is 12.1. The normalized spacial score (nSPS) is 16.2. The molecule has 2 aromatic heterocycles. The Balaban J connectivity index is 1.29. The Bertz CT molecular complexity index is 686. The lowest BCUT2D eigenvalue weighted by atomic mass is 10.3. The third kappa shape index (κ3) is 4.83. The van der Waals surface area contributed by atoms with Gasteiger partial charge in [0.15, 0.2) is 5.58 Å². The van der Waals surface area contributed by atoms with E-state index in [4.69, 9.17) is 13.9 Å². The molecule has 0 radical (unpaired) electrons. The number of fused-ring (bicyclic) bond motifs is 1. The fraction of sp³-hybridized carbons (Fsp3) is 0.529. The monoisotopic (exact) mass is 349 g/mol. The smallest absolute Gasteiger partial charge is 0.355 e. The van der Waals surface area contributed by atoms with Crippen LogP contribution in [0.4, 0.5) is 0 Å². The first-order valence-electron chi connectivity index (χ1n) is 8.41. The van der Waals surface area contributed by atoms with Gasteiger partial charge >= 0.3 is 11.9 Å². The van der Waals surface area contributed by atoms with Crippen molar-refractivity contribution in [1.82, 2.24) is 14.8 Å². The number of aromatic nitrogens is 1. The molecular formula is C17H23N3O5. The van der Waals surface area contributed by atoms with E-state index in [1.165, 1.54) is 6.26 Å². The Hall–Kier alpha value is -2.32. The maximum Gasteiger partial charge on any atom is 0.355 e. The van der Waals surface area contributed by atoms with Crippen molar-refractivity contribution in [3.8, 4) is 0 Å². The zero-order chi connectivity index (χ0) is 17.6. The van der Waals surface area contributed by atoms with Crippen molar-refractivity contribution < 1.29 is 23.5 Å². The summed E-state index contributed by atoms with van der Waals surface area (Å²) >= 11 is 0. The van der Waals surface area contributed by atoms with Crippen molar-refractivity contribution in [3.63, 3.8) is 0 Å². The first-order valence-corrected chi connectivity index (χ1v) is 8.41. The molecule has 0 bridgehead atoms. The van der Waals surface area contributed by atoms with Gasteiger partial charge in [0.2, 0.25) is 0 Å². The molecular weight excluding hydrogens is 326 g/mol. The van der Waals surface area contributed by atoms with Crippen molar-refractivity contribution >= 4 is 23.0 Å². The van der Waals surface area contributed by atoms with Crippen LogP contribution < -0.4 is 0 Å². The van der Waals surface area contributed by atoms with Crippen molar-refractivity contribution in [2.75, 3.05) is 53.0 Å². The Morgan fingerprint density at radius 2 is 1.96 bits per heavy atom. The van der Waals surface area contributed by atoms with Gasteiger partial charge in [-0.3, -0.25) is 4.79 Å². The molecule has 8 nitrogen and oxygen atoms in total. The minimum Gasteiger partial charge on any atom is -0.463 e. The number of nitrogens with zero attached hydrogens (tertiary/aromatic N) is 2. The molecule has 3 rings (SSSR count). The maximum absolute atomic E-state index is 11.9. The van der Waals surface area contributed by atoms with E-state index in [0.717, 1.165) is 31.7 Å². The summed E-state index contributed by atoms with van der Waals surface area (Å²) in [4.78, 5) is 31.0. The van der Waals surface area contributed by atoms with Gasteiger partial charge in [-0.05, 0) is 7.05 Å². The molecule has 1 fully saturated rings. The summed E-state index contributed by atoms with van der Waals surface area (Å²) in [6.45, 7) is 4.78. The number of carbonyl (C=O) groups excluding carboxylic acids is 2. The van der Waals surface area contributed by atoms with Crippen LogP contribution in [0.3, 0.4) is 0 Å². The molecule has 136 valence electrons. The molecule has 0 unspecified atom stereocenters. The van der Waals surface area contributed by atoms with E-state index in [1.807, 2.05) is 0 Å². The molecule has 1 aliphatic heterocycles. The number of aromatic amines is 1. The molecule has 0 amide bonds. The number of ether oxygens (including phenoxy) is 2. The van der Waals surface area contributed by atoms with Gasteiger partial charge in [-0.2, -0.15) is 0 Å². The number of piperazine rings is 1. The van der Waals surface area contributed by atoms with Crippen LogP contribution in [0.2, 0.25) is 0 Å². The van der Waals surface area contributed by atoms with Gasteiger partial charge in [-0.1, -0.05) is 0 Å². The number of furan rings is 1. The highest BCUT2D eigenvalue weighted by atomic mass is 16.6. The van der Waals surface area contributed by atoms with Gasteiger partial charge in [0.25, 0.3) is 0 Å². The van der Waals surface area contributed by atoms with Crippen LogP contribution in [0.1, 0.15) is 16.9 Å². The number of likely N-dealkylation sites (N-methyl/N-ethyl adjacent to an activating group) is 1. The number of rotatable bonds is 7. The molecule has 0 aromatic carbocycles. The summed E-state index contributed by atoms with van der Waals surface area (Å²) in [6, 6.07) is 3.31. The van der Waals surface area contributed by atoms with E-state index >= 15 is 0 Å². The summed E-state index contributed by atoms with van der Waals surface area (Å²) in [5.74, 6) is -0.771. The van der Waals surface area contributed by atoms with Crippen molar-refractivity contribution in [2.24, 2.45) is 0 Å². The maximum atomic E-state index is 11.9. The lowest BCUT2D eigenvalue weighted by Gasteiger charge is -2.31. The van der Waals surface area contributed by atoms with Crippen molar-refractivity contribution in [1.29, 1.82) is 0 Å². The van der Waals surface area contributed by atoms with Gasteiger partial charge < -0.3 is 28.7 Å². The number of H-pyrrole nitrogens is 1. The largest absolute Gasteiger partial charge is 0.463 e. The Morgan fingerprint density at radius 3 is 2.72 bits per heavy atom. The average Bonchev–Trinajstić information content (AvgIpc) is 3.20. The molecule has 0 spiro atoms. The van der Waals surface area contributed by atoms with E-state index in [-0.39, 0.29) is 19.2 Å². The van der Waals surface area contributed by atoms with Gasteiger partial charge in [0, 0.05) is 44.9 Å². The van der Waals surface area contributed by atoms with Gasteiger partial charge in [0.1, 0.15) is 18.9 Å². The topological polar surface area (TPSA) is 88.0 Å². The van der Waals surface area contributed by atoms with Crippen LogP contribution in [0.15, 0.2) is 22.8 Å². The Labute approximate surface area is 145 Å². The molecule has 1 aliphatic rings. The third-order valence-corrected chi connectivity index (χ3v) is 4.27. The van der Waals surface area contributed by atoms with E-state index < -0.39 is 5.97 Å².